The van der Waals surface area contributed by atoms with Crippen LogP contribution in [0.5, 0.6) is 5.75 Å². The Bertz CT molecular complexity index is 1420. The summed E-state index contributed by atoms with van der Waals surface area (Å²) in [5, 5.41) is 2.12. The molecule has 8 heteroatoms. The number of carbonyl (C=O) groups excluding carboxylic acids is 1. The van der Waals surface area contributed by atoms with Crippen LogP contribution in [0.2, 0.25) is 0 Å². The fourth-order valence-corrected chi connectivity index (χ4v) is 7.23. The molecule has 1 fully saturated rings. The molecule has 0 bridgehead atoms. The zero-order valence-electron chi connectivity index (χ0n) is 22.6. The minimum absolute atomic E-state index is 0.287. The number of unbranched alkanes of at least 4 members (excludes halogenated alkanes) is 3. The molecule has 37 heavy (non-hydrogen) atoms. The fourth-order valence-electron chi connectivity index (χ4n) is 4.91. The van der Waals surface area contributed by atoms with Gasteiger partial charge >= 0.3 is 13.1 Å². The second-order valence-electron chi connectivity index (χ2n) is 10.9. The molecule has 1 aliphatic rings. The van der Waals surface area contributed by atoms with Crippen molar-refractivity contribution in [3.8, 4) is 5.75 Å². The van der Waals surface area contributed by atoms with Crippen molar-refractivity contribution in [3.05, 3.63) is 53.6 Å². The molecule has 0 spiro atoms. The van der Waals surface area contributed by atoms with E-state index in [0.717, 1.165) is 45.1 Å². The average Bonchev–Trinajstić information content (AvgIpc) is 3.50. The van der Waals surface area contributed by atoms with E-state index in [1.807, 2.05) is 30.3 Å². The highest BCUT2D eigenvalue weighted by Gasteiger charge is 2.52. The maximum Gasteiger partial charge on any atom is 0.505 e. The van der Waals surface area contributed by atoms with Gasteiger partial charge in [-0.2, -0.15) is 0 Å². The number of hydrogen-bond acceptors (Lipinski definition) is 6. The lowest BCUT2D eigenvalue weighted by Gasteiger charge is -2.32. The number of fused-ring (bicyclic) bond motifs is 3. The Hall–Kier alpha value is -2.12. The molecule has 0 N–H and O–H groups in total. The highest BCUT2D eigenvalue weighted by Crippen LogP contribution is 2.42. The Balaban J connectivity index is 1.66. The van der Waals surface area contributed by atoms with Gasteiger partial charge in [-0.1, -0.05) is 44.4 Å². The predicted molar refractivity (Wildman–Crippen MR) is 160 cm³/mol. The minimum atomic E-state index is -0.425. The standard InChI is InChI=1S/C29H34B2O4S2/c1-6-7-8-12-15-19-20-17-23(31-34-28(2,3)29(4,5)35-31)37-25(20)26-21(16-22(30)36-26)24(19)27(32)33-18-13-10-9-11-14-18/h9-11,13-14,16-17H,6-8,12,15,30H2,1-5H3. The molecule has 4 nitrogen and oxygen atoms in total. The van der Waals surface area contributed by atoms with E-state index < -0.39 is 18.3 Å². The van der Waals surface area contributed by atoms with Crippen molar-refractivity contribution in [1.29, 1.82) is 0 Å². The first kappa shape index (κ1) is 26.5. The maximum absolute atomic E-state index is 13.8. The van der Waals surface area contributed by atoms with Gasteiger partial charge < -0.3 is 14.0 Å². The normalized spacial score (nSPS) is 16.6. The van der Waals surface area contributed by atoms with Crippen molar-refractivity contribution >= 4 is 73.3 Å². The number of para-hydroxylation sites is 1. The molecule has 0 radical (unpaired) electrons. The van der Waals surface area contributed by atoms with Crippen molar-refractivity contribution in [2.24, 2.45) is 0 Å². The summed E-state index contributed by atoms with van der Waals surface area (Å²) in [6.07, 6.45) is 5.37. The van der Waals surface area contributed by atoms with E-state index in [2.05, 4.69) is 54.6 Å². The van der Waals surface area contributed by atoms with E-state index in [4.69, 9.17) is 14.0 Å². The highest BCUT2D eigenvalue weighted by atomic mass is 32.1. The van der Waals surface area contributed by atoms with Gasteiger partial charge in [-0.05, 0) is 80.5 Å². The zero-order valence-corrected chi connectivity index (χ0v) is 24.2. The fraction of sp³-hybridized carbons (Fsp3) is 0.414. The van der Waals surface area contributed by atoms with Crippen LogP contribution in [0.1, 0.15) is 76.2 Å². The second-order valence-corrected chi connectivity index (χ2v) is 13.3. The van der Waals surface area contributed by atoms with Gasteiger partial charge in [0.1, 0.15) is 5.75 Å². The number of thiophene rings is 2. The molecular formula is C29H34B2O4S2. The molecular weight excluding hydrogens is 498 g/mol. The van der Waals surface area contributed by atoms with E-state index in [-0.39, 0.29) is 5.97 Å². The Morgan fingerprint density at radius 2 is 1.62 bits per heavy atom. The first-order chi connectivity index (χ1) is 17.6. The summed E-state index contributed by atoms with van der Waals surface area (Å²) in [6, 6.07) is 13.7. The Labute approximate surface area is 228 Å². The Morgan fingerprint density at radius 3 is 2.30 bits per heavy atom. The van der Waals surface area contributed by atoms with Crippen molar-refractivity contribution in [3.63, 3.8) is 0 Å². The van der Waals surface area contributed by atoms with Gasteiger partial charge in [0.15, 0.2) is 7.85 Å². The summed E-state index contributed by atoms with van der Waals surface area (Å²) in [5.74, 6) is 0.276. The van der Waals surface area contributed by atoms with E-state index >= 15 is 0 Å². The van der Waals surface area contributed by atoms with Crippen LogP contribution in [0.15, 0.2) is 42.5 Å². The third kappa shape index (κ3) is 5.01. The van der Waals surface area contributed by atoms with Gasteiger partial charge in [0, 0.05) is 10.2 Å². The van der Waals surface area contributed by atoms with Crippen LogP contribution in [-0.2, 0) is 15.7 Å². The molecule has 0 unspecified atom stereocenters. The number of rotatable bonds is 8. The Morgan fingerprint density at radius 1 is 0.946 bits per heavy atom. The van der Waals surface area contributed by atoms with E-state index in [0.29, 0.717) is 11.3 Å². The summed E-state index contributed by atoms with van der Waals surface area (Å²) < 4.78 is 23.3. The van der Waals surface area contributed by atoms with Crippen molar-refractivity contribution in [2.45, 2.75) is 77.9 Å². The minimum Gasteiger partial charge on any atom is -0.423 e. The first-order valence-electron chi connectivity index (χ1n) is 13.2. The molecule has 2 aromatic heterocycles. The zero-order chi connectivity index (χ0) is 26.4. The molecule has 5 rings (SSSR count). The number of carbonyl (C=O) groups is 1. The lowest BCUT2D eigenvalue weighted by molar-refractivity contribution is 0.00578. The molecule has 0 atom stereocenters. The molecule has 0 saturated carbocycles. The molecule has 3 heterocycles. The van der Waals surface area contributed by atoms with Crippen LogP contribution < -0.4 is 14.3 Å². The number of benzene rings is 2. The van der Waals surface area contributed by atoms with Crippen LogP contribution >= 0.6 is 22.7 Å². The maximum atomic E-state index is 13.8. The number of ether oxygens (including phenoxy) is 1. The van der Waals surface area contributed by atoms with Crippen LogP contribution in [0.3, 0.4) is 0 Å². The summed E-state index contributed by atoms with van der Waals surface area (Å²) in [7, 11) is 1.68. The number of hydrogen-bond donors (Lipinski definition) is 0. The topological polar surface area (TPSA) is 44.8 Å². The van der Waals surface area contributed by atoms with Gasteiger partial charge in [0.25, 0.3) is 0 Å². The molecule has 1 saturated heterocycles. The quantitative estimate of drug-likeness (QED) is 0.121. The molecule has 1 aliphatic heterocycles. The van der Waals surface area contributed by atoms with Gasteiger partial charge in [-0.3, -0.25) is 0 Å². The first-order valence-corrected chi connectivity index (χ1v) is 14.9. The van der Waals surface area contributed by atoms with Gasteiger partial charge in [0.05, 0.1) is 26.2 Å². The molecule has 4 aromatic rings. The molecule has 0 amide bonds. The third-order valence-electron chi connectivity index (χ3n) is 7.63. The third-order valence-corrected chi connectivity index (χ3v) is 10.0. The summed E-state index contributed by atoms with van der Waals surface area (Å²) in [6.45, 7) is 10.5. The molecule has 2 aromatic carbocycles. The average molecular weight is 532 g/mol. The van der Waals surface area contributed by atoms with Crippen molar-refractivity contribution in [2.75, 3.05) is 0 Å². The number of esters is 1. The summed E-state index contributed by atoms with van der Waals surface area (Å²) >= 11 is 3.47. The van der Waals surface area contributed by atoms with Gasteiger partial charge in [0.2, 0.25) is 0 Å². The monoisotopic (exact) mass is 532 g/mol. The van der Waals surface area contributed by atoms with E-state index in [9.17, 15) is 4.79 Å². The predicted octanol–water partition coefficient (Wildman–Crippen LogP) is 6.02. The lowest BCUT2D eigenvalue weighted by atomic mass is 9.86. The van der Waals surface area contributed by atoms with Crippen molar-refractivity contribution in [1.82, 2.24) is 0 Å². The van der Waals surface area contributed by atoms with E-state index in [1.54, 1.807) is 22.7 Å². The largest absolute Gasteiger partial charge is 0.505 e. The summed E-state index contributed by atoms with van der Waals surface area (Å²) in [5.41, 5.74) is 0.967. The van der Waals surface area contributed by atoms with E-state index in [1.165, 1.54) is 22.3 Å². The highest BCUT2D eigenvalue weighted by molar-refractivity contribution is 7.34. The SMILES string of the molecule is Bc1cc2c(C(=O)Oc3ccccc3)c(CCCCCC)c3cc(B4OC(C)(C)C(C)(C)O4)sc3c2s1. The van der Waals surface area contributed by atoms with Crippen LogP contribution in [0.25, 0.3) is 20.2 Å². The van der Waals surface area contributed by atoms with Crippen LogP contribution in [0, 0.1) is 0 Å². The molecule has 192 valence electrons. The lowest BCUT2D eigenvalue weighted by Crippen LogP contribution is -2.41. The van der Waals surface area contributed by atoms with Gasteiger partial charge in [-0.25, -0.2) is 4.79 Å². The smallest absolute Gasteiger partial charge is 0.423 e. The van der Waals surface area contributed by atoms with Gasteiger partial charge in [-0.15, -0.1) is 22.7 Å². The molecule has 0 aliphatic carbocycles. The Kier molecular flexibility index (Phi) is 7.31. The number of aryl methyl sites for hydroxylation is 1. The van der Waals surface area contributed by atoms with Crippen molar-refractivity contribution < 1.29 is 18.8 Å². The van der Waals surface area contributed by atoms with Crippen LogP contribution in [-0.4, -0.2) is 32.1 Å². The van der Waals surface area contributed by atoms with Crippen LogP contribution in [0.4, 0.5) is 0 Å². The second kappa shape index (κ2) is 10.2. The summed E-state index contributed by atoms with van der Waals surface area (Å²) in [4.78, 5) is 13.8.